The first-order chi connectivity index (χ1) is 7.04. The largest absolute Gasteiger partial charge is 0.478 e. The molecule has 15 heavy (non-hydrogen) atoms. The zero-order valence-electron chi connectivity index (χ0n) is 8.08. The molecule has 1 rings (SSSR count). The fourth-order valence-electron chi connectivity index (χ4n) is 1.11. The second-order valence-electron chi connectivity index (χ2n) is 2.89. The molecule has 1 aromatic rings. The fraction of sp³-hybridized carbons (Fsp3) is 0.200. The lowest BCUT2D eigenvalue weighted by Gasteiger charge is -2.04. The van der Waals surface area contributed by atoms with Gasteiger partial charge in [-0.1, -0.05) is 15.9 Å². The molecule has 0 unspecified atom stereocenters. The number of nitrogens with one attached hydrogen (secondary N) is 1. The average Bonchev–Trinajstić information content (AvgIpc) is 2.17. The number of carbonyl (C=O) groups is 2. The third-order valence-electron chi connectivity index (χ3n) is 1.74. The van der Waals surface area contributed by atoms with Crippen LogP contribution in [-0.4, -0.2) is 23.5 Å². The van der Waals surface area contributed by atoms with Gasteiger partial charge in [0.25, 0.3) is 5.91 Å². The van der Waals surface area contributed by atoms with Crippen molar-refractivity contribution in [1.29, 1.82) is 0 Å². The van der Waals surface area contributed by atoms with Gasteiger partial charge < -0.3 is 10.4 Å². The summed E-state index contributed by atoms with van der Waals surface area (Å²) in [6.45, 7) is 2.31. The molecule has 1 aromatic carbocycles. The summed E-state index contributed by atoms with van der Waals surface area (Å²) in [5.41, 5.74) is 0.425. The molecule has 2 N–H and O–H groups in total. The Hall–Kier alpha value is -1.36. The number of amides is 1. The van der Waals surface area contributed by atoms with Gasteiger partial charge in [0.05, 0.1) is 5.56 Å². The van der Waals surface area contributed by atoms with E-state index < -0.39 is 5.97 Å². The minimum atomic E-state index is -1.05. The van der Waals surface area contributed by atoms with E-state index in [4.69, 9.17) is 5.11 Å². The van der Waals surface area contributed by atoms with Crippen molar-refractivity contribution in [3.63, 3.8) is 0 Å². The molecular weight excluding hydrogens is 262 g/mol. The summed E-state index contributed by atoms with van der Waals surface area (Å²) >= 11 is 3.16. The Morgan fingerprint density at radius 1 is 1.33 bits per heavy atom. The number of halogens is 1. The van der Waals surface area contributed by atoms with E-state index in [1.807, 2.05) is 0 Å². The Morgan fingerprint density at radius 3 is 2.47 bits per heavy atom. The molecule has 0 saturated heterocycles. The number of benzene rings is 1. The van der Waals surface area contributed by atoms with Gasteiger partial charge in [-0.05, 0) is 25.1 Å². The molecule has 1 amide bonds. The van der Waals surface area contributed by atoms with Crippen molar-refractivity contribution >= 4 is 27.8 Å². The van der Waals surface area contributed by atoms with E-state index in [0.29, 0.717) is 16.6 Å². The van der Waals surface area contributed by atoms with Gasteiger partial charge in [0.2, 0.25) is 0 Å². The molecule has 0 fully saturated rings. The first kappa shape index (κ1) is 11.7. The van der Waals surface area contributed by atoms with E-state index in [1.54, 1.807) is 13.0 Å². The van der Waals surface area contributed by atoms with E-state index in [2.05, 4.69) is 21.2 Å². The van der Waals surface area contributed by atoms with Gasteiger partial charge in [-0.15, -0.1) is 0 Å². The van der Waals surface area contributed by atoms with Crippen LogP contribution in [0.15, 0.2) is 22.7 Å². The molecule has 0 aliphatic heterocycles. The van der Waals surface area contributed by atoms with Crippen LogP contribution in [-0.2, 0) is 0 Å². The van der Waals surface area contributed by atoms with Gasteiger partial charge in [-0.2, -0.15) is 0 Å². The zero-order valence-corrected chi connectivity index (χ0v) is 9.67. The molecule has 0 heterocycles. The van der Waals surface area contributed by atoms with Gasteiger partial charge in [0, 0.05) is 16.6 Å². The number of hydrogen-bond acceptors (Lipinski definition) is 2. The number of carboxylic acid groups (broad SMARTS) is 1. The normalized spacial score (nSPS) is 9.73. The van der Waals surface area contributed by atoms with Crippen LogP contribution < -0.4 is 5.32 Å². The highest BCUT2D eigenvalue weighted by atomic mass is 79.9. The maximum Gasteiger partial charge on any atom is 0.335 e. The van der Waals surface area contributed by atoms with Crippen molar-refractivity contribution in [2.75, 3.05) is 6.54 Å². The average molecular weight is 272 g/mol. The molecule has 80 valence electrons. The molecule has 0 bridgehead atoms. The van der Waals surface area contributed by atoms with Gasteiger partial charge in [-0.25, -0.2) is 4.79 Å². The Labute approximate surface area is 95.4 Å². The summed E-state index contributed by atoms with van der Waals surface area (Å²) in [6, 6.07) is 4.38. The highest BCUT2D eigenvalue weighted by Gasteiger charge is 2.10. The molecule has 0 aromatic heterocycles. The molecular formula is C10H10BrNO3. The quantitative estimate of drug-likeness (QED) is 0.883. The second kappa shape index (κ2) is 4.93. The molecule has 0 aliphatic rings. The van der Waals surface area contributed by atoms with Gasteiger partial charge >= 0.3 is 5.97 Å². The molecule has 0 radical (unpaired) electrons. The summed E-state index contributed by atoms with van der Waals surface area (Å²) < 4.78 is 0.573. The van der Waals surface area contributed by atoms with Crippen LogP contribution in [0.2, 0.25) is 0 Å². The van der Waals surface area contributed by atoms with Crippen molar-refractivity contribution < 1.29 is 14.7 Å². The highest BCUT2D eigenvalue weighted by Crippen LogP contribution is 2.16. The van der Waals surface area contributed by atoms with Gasteiger partial charge in [0.1, 0.15) is 0 Å². The number of aromatic carboxylic acids is 1. The van der Waals surface area contributed by atoms with Crippen molar-refractivity contribution in [1.82, 2.24) is 5.32 Å². The summed E-state index contributed by atoms with van der Waals surface area (Å²) in [5, 5.41) is 11.4. The summed E-state index contributed by atoms with van der Waals surface area (Å²) in [5.74, 6) is -1.33. The molecule has 4 nitrogen and oxygen atoms in total. The molecule has 5 heteroatoms. The summed E-state index contributed by atoms with van der Waals surface area (Å²) in [4.78, 5) is 22.2. The first-order valence-corrected chi connectivity index (χ1v) is 5.16. The van der Waals surface area contributed by atoms with Crippen LogP contribution in [0.4, 0.5) is 0 Å². The third kappa shape index (κ3) is 3.06. The SMILES string of the molecule is CCNC(=O)c1cc(Br)cc(C(=O)O)c1. The maximum atomic E-state index is 11.4. The fourth-order valence-corrected chi connectivity index (χ4v) is 1.60. The van der Waals surface area contributed by atoms with Crippen molar-refractivity contribution in [3.05, 3.63) is 33.8 Å². The van der Waals surface area contributed by atoms with E-state index in [9.17, 15) is 9.59 Å². The number of carbonyl (C=O) groups excluding carboxylic acids is 1. The minimum absolute atomic E-state index is 0.0885. The van der Waals surface area contributed by atoms with Crippen LogP contribution in [0.3, 0.4) is 0 Å². The number of rotatable bonds is 3. The summed E-state index contributed by atoms with van der Waals surface area (Å²) in [6.07, 6.45) is 0. The van der Waals surface area contributed by atoms with E-state index >= 15 is 0 Å². The van der Waals surface area contributed by atoms with Crippen LogP contribution in [0, 0.1) is 0 Å². The number of carboxylic acids is 1. The predicted octanol–water partition coefficient (Wildman–Crippen LogP) is 1.90. The van der Waals surface area contributed by atoms with Crippen LogP contribution >= 0.6 is 15.9 Å². The molecule has 0 saturated carbocycles. The Bertz CT molecular complexity index is 404. The van der Waals surface area contributed by atoms with E-state index in [-0.39, 0.29) is 11.5 Å². The minimum Gasteiger partial charge on any atom is -0.478 e. The Kier molecular flexibility index (Phi) is 3.85. The van der Waals surface area contributed by atoms with Crippen LogP contribution in [0.1, 0.15) is 27.6 Å². The van der Waals surface area contributed by atoms with E-state index in [1.165, 1.54) is 12.1 Å². The van der Waals surface area contributed by atoms with E-state index in [0.717, 1.165) is 0 Å². The maximum absolute atomic E-state index is 11.4. The standard InChI is InChI=1S/C10H10BrNO3/c1-2-12-9(13)6-3-7(10(14)15)5-8(11)4-6/h3-5H,2H2,1H3,(H,12,13)(H,14,15). The monoisotopic (exact) mass is 271 g/mol. The third-order valence-corrected chi connectivity index (χ3v) is 2.20. The lowest BCUT2D eigenvalue weighted by molar-refractivity contribution is 0.0697. The first-order valence-electron chi connectivity index (χ1n) is 4.36. The van der Waals surface area contributed by atoms with Gasteiger partial charge in [-0.3, -0.25) is 4.79 Å². The lowest BCUT2D eigenvalue weighted by Crippen LogP contribution is -2.22. The van der Waals surface area contributed by atoms with Gasteiger partial charge in [0.15, 0.2) is 0 Å². The topological polar surface area (TPSA) is 66.4 Å². The molecule has 0 spiro atoms. The number of hydrogen-bond donors (Lipinski definition) is 2. The summed E-state index contributed by atoms with van der Waals surface area (Å²) in [7, 11) is 0. The van der Waals surface area contributed by atoms with Crippen LogP contribution in [0.5, 0.6) is 0 Å². The van der Waals surface area contributed by atoms with Crippen molar-refractivity contribution in [2.45, 2.75) is 6.92 Å². The lowest BCUT2D eigenvalue weighted by atomic mass is 10.1. The molecule has 0 atom stereocenters. The van der Waals surface area contributed by atoms with Crippen LogP contribution in [0.25, 0.3) is 0 Å². The highest BCUT2D eigenvalue weighted by molar-refractivity contribution is 9.10. The Balaban J connectivity index is 3.09. The smallest absolute Gasteiger partial charge is 0.335 e. The van der Waals surface area contributed by atoms with Crippen molar-refractivity contribution in [3.8, 4) is 0 Å². The molecule has 0 aliphatic carbocycles. The zero-order chi connectivity index (χ0) is 11.4. The van der Waals surface area contributed by atoms with Crippen molar-refractivity contribution in [2.24, 2.45) is 0 Å². The predicted molar refractivity (Wildman–Crippen MR) is 59.1 cm³/mol. The Morgan fingerprint density at radius 2 is 1.93 bits per heavy atom. The second-order valence-corrected chi connectivity index (χ2v) is 3.81.